The van der Waals surface area contributed by atoms with Crippen molar-refractivity contribution < 1.29 is 83.4 Å². The van der Waals surface area contributed by atoms with E-state index in [0.29, 0.717) is 0 Å². The molecule has 4 aliphatic rings. The Morgan fingerprint density at radius 3 is 1.58 bits per heavy atom. The van der Waals surface area contributed by atoms with Crippen LogP contribution in [0.5, 0.6) is 0 Å². The van der Waals surface area contributed by atoms with E-state index in [9.17, 15) is 50.2 Å². The molecule has 0 aromatic carbocycles. The fraction of sp³-hybridized carbons (Fsp3) is 0.912. The monoisotopic (exact) mass is 796 g/mol. The lowest BCUT2D eigenvalue weighted by Gasteiger charge is -2.49. The average molecular weight is 797 g/mol. The molecule has 0 aromatic rings. The Labute approximate surface area is 319 Å². The van der Waals surface area contributed by atoms with E-state index in [4.69, 9.17) is 33.2 Å². The van der Waals surface area contributed by atoms with Gasteiger partial charge in [-0.05, 0) is 68.7 Å². The van der Waals surface area contributed by atoms with Gasteiger partial charge in [0.05, 0.1) is 43.5 Å². The van der Waals surface area contributed by atoms with Crippen molar-refractivity contribution in [2.24, 2.45) is 5.92 Å². The van der Waals surface area contributed by atoms with Crippen LogP contribution < -0.4 is 16.0 Å². The number of ether oxygens (including phenoxy) is 7. The molecule has 3 aliphatic heterocycles. The zero-order valence-corrected chi connectivity index (χ0v) is 32.6. The number of rotatable bonds is 10. The summed E-state index contributed by atoms with van der Waals surface area (Å²) in [5, 5.41) is 83.2. The number of alkyl carbamates (subject to hydrolysis) is 3. The molecular weight excluding hydrogens is 736 g/mol. The summed E-state index contributed by atoms with van der Waals surface area (Å²) in [7, 11) is 0. The van der Waals surface area contributed by atoms with Crippen LogP contribution in [-0.2, 0) is 33.2 Å². The Hall–Kier alpha value is -2.67. The minimum absolute atomic E-state index is 0.197. The van der Waals surface area contributed by atoms with Gasteiger partial charge >= 0.3 is 18.3 Å². The van der Waals surface area contributed by atoms with Crippen LogP contribution in [-0.4, -0.2) is 181 Å². The van der Waals surface area contributed by atoms with Gasteiger partial charge in [0, 0.05) is 12.5 Å². The van der Waals surface area contributed by atoms with Crippen LogP contribution in [0.2, 0.25) is 0 Å². The van der Waals surface area contributed by atoms with E-state index in [1.807, 2.05) is 0 Å². The van der Waals surface area contributed by atoms with Crippen molar-refractivity contribution in [3.8, 4) is 0 Å². The Balaban J connectivity index is 1.68. The molecule has 0 spiro atoms. The number of aliphatic hydroxyl groups excluding tert-OH is 6. The van der Waals surface area contributed by atoms with Crippen LogP contribution in [0.25, 0.3) is 0 Å². The predicted molar refractivity (Wildman–Crippen MR) is 185 cm³/mol. The standard InChI is InChI=1S/C34H60N4O17/c1-32(2,3)53-29(45)35-11-17-22(42)23(43)24(44)28(49-17)52-26-14(12-39)25(51-27-20-19(38(20)48)21(41)18(13-40)50-27)15(36-30(46)54-33(4,5)6)10-16(26)37-31(47)55-34(7,8)9/h14-28,39-44,48H,10-13H2,1-9H3,(H,35,45)(H,36,46)(H,37,47)/t14?,15?,16-,17?,18+,19?,20+,21?,22+,23?,24?,25+,26?,27?,28+,38?/m0/s1. The summed E-state index contributed by atoms with van der Waals surface area (Å²) in [5.41, 5.74) is -2.73. The van der Waals surface area contributed by atoms with Gasteiger partial charge in [-0.1, -0.05) is 0 Å². The Kier molecular flexibility index (Phi) is 14.3. The van der Waals surface area contributed by atoms with Gasteiger partial charge in [-0.3, -0.25) is 0 Å². The summed E-state index contributed by atoms with van der Waals surface area (Å²) in [6.45, 7) is 13.0. The first-order valence-corrected chi connectivity index (χ1v) is 18.3. The first-order valence-electron chi connectivity index (χ1n) is 18.3. The van der Waals surface area contributed by atoms with Crippen molar-refractivity contribution in [2.45, 2.75) is 171 Å². The van der Waals surface area contributed by atoms with Gasteiger partial charge in [0.1, 0.15) is 59.5 Å². The molecule has 21 nitrogen and oxygen atoms in total. The Morgan fingerprint density at radius 2 is 1.11 bits per heavy atom. The van der Waals surface area contributed by atoms with Gasteiger partial charge in [0.25, 0.3) is 0 Å². The third kappa shape index (κ3) is 11.7. The van der Waals surface area contributed by atoms with Crippen LogP contribution in [0, 0.1) is 5.92 Å². The zero-order chi connectivity index (χ0) is 41.4. The van der Waals surface area contributed by atoms with Gasteiger partial charge in [0.15, 0.2) is 12.6 Å². The lowest BCUT2D eigenvalue weighted by Crippen LogP contribution is -2.68. The van der Waals surface area contributed by atoms with E-state index >= 15 is 0 Å². The summed E-state index contributed by atoms with van der Waals surface area (Å²) >= 11 is 0. The molecule has 3 saturated heterocycles. The molecule has 4 fully saturated rings. The van der Waals surface area contributed by atoms with Crippen molar-refractivity contribution >= 4 is 18.3 Å². The van der Waals surface area contributed by atoms with Gasteiger partial charge in [-0.15, -0.1) is 0 Å². The molecule has 55 heavy (non-hydrogen) atoms. The number of hydrogen-bond donors (Lipinski definition) is 10. The number of nitrogens with one attached hydrogen (secondary N) is 3. The number of amides is 3. The van der Waals surface area contributed by atoms with Gasteiger partial charge in [-0.25, -0.2) is 14.4 Å². The molecule has 3 amide bonds. The quantitative estimate of drug-likeness (QED) is 0.0880. The highest BCUT2D eigenvalue weighted by atomic mass is 16.7. The molecule has 16 atom stereocenters. The first-order chi connectivity index (χ1) is 25.3. The second-order valence-corrected chi connectivity index (χ2v) is 17.3. The number of aliphatic hydroxyl groups is 6. The second kappa shape index (κ2) is 17.4. The third-order valence-electron chi connectivity index (χ3n) is 9.23. The number of fused-ring (bicyclic) bond motifs is 1. The van der Waals surface area contributed by atoms with Gasteiger partial charge in [0.2, 0.25) is 0 Å². The maximum absolute atomic E-state index is 13.2. The highest BCUT2D eigenvalue weighted by molar-refractivity contribution is 5.69. The number of carbonyl (C=O) groups is 3. The summed E-state index contributed by atoms with van der Waals surface area (Å²) in [5.74, 6) is -1.24. The predicted octanol–water partition coefficient (Wildman–Crippen LogP) is -1.59. The van der Waals surface area contributed by atoms with Crippen molar-refractivity contribution in [1.82, 2.24) is 21.0 Å². The Morgan fingerprint density at radius 1 is 0.636 bits per heavy atom. The van der Waals surface area contributed by atoms with E-state index in [-0.39, 0.29) is 6.42 Å². The van der Waals surface area contributed by atoms with E-state index in [1.165, 1.54) is 0 Å². The maximum atomic E-state index is 13.2. The highest BCUT2D eigenvalue weighted by Gasteiger charge is 2.64. The summed E-state index contributed by atoms with van der Waals surface area (Å²) < 4.78 is 40.5. The molecule has 10 unspecified atom stereocenters. The van der Waals surface area contributed by atoms with Crippen LogP contribution in [0.4, 0.5) is 14.4 Å². The second-order valence-electron chi connectivity index (χ2n) is 17.3. The largest absolute Gasteiger partial charge is 0.444 e. The number of carbonyl (C=O) groups excluding carboxylic acids is 3. The molecule has 0 radical (unpaired) electrons. The summed E-state index contributed by atoms with van der Waals surface area (Å²) in [6.07, 6.45) is -17.8. The van der Waals surface area contributed by atoms with E-state index < -0.39 is 146 Å². The topological polar surface area (TPSA) is 297 Å². The van der Waals surface area contributed by atoms with E-state index in [1.54, 1.807) is 62.3 Å². The fourth-order valence-electron chi connectivity index (χ4n) is 6.85. The number of nitrogens with zero attached hydrogens (tertiary/aromatic N) is 1. The molecule has 318 valence electrons. The Bertz CT molecular complexity index is 1320. The lowest BCUT2D eigenvalue weighted by molar-refractivity contribution is -0.323. The van der Waals surface area contributed by atoms with Crippen LogP contribution in [0.15, 0.2) is 0 Å². The molecule has 0 aromatic heterocycles. The zero-order valence-electron chi connectivity index (χ0n) is 32.6. The minimum Gasteiger partial charge on any atom is -0.444 e. The molecule has 3 heterocycles. The van der Waals surface area contributed by atoms with Crippen molar-refractivity contribution in [3.05, 3.63) is 0 Å². The normalized spacial score (nSPS) is 39.3. The number of hydroxylamine groups is 2. The molecule has 0 bridgehead atoms. The van der Waals surface area contributed by atoms with Crippen LogP contribution in [0.1, 0.15) is 68.7 Å². The van der Waals surface area contributed by atoms with Gasteiger partial charge in [-0.2, -0.15) is 5.06 Å². The van der Waals surface area contributed by atoms with Crippen LogP contribution >= 0.6 is 0 Å². The fourth-order valence-corrected chi connectivity index (χ4v) is 6.85. The highest BCUT2D eigenvalue weighted by Crippen LogP contribution is 2.42. The molecule has 4 rings (SSSR count). The minimum atomic E-state index is -1.89. The molecule has 1 saturated carbocycles. The van der Waals surface area contributed by atoms with Crippen LogP contribution in [0.3, 0.4) is 0 Å². The molecule has 21 heteroatoms. The van der Waals surface area contributed by atoms with Crippen molar-refractivity contribution in [3.63, 3.8) is 0 Å². The molecular formula is C34H60N4O17. The van der Waals surface area contributed by atoms with E-state index in [0.717, 1.165) is 5.06 Å². The lowest BCUT2D eigenvalue weighted by atomic mass is 9.77. The average Bonchev–Trinajstić information content (AvgIpc) is 3.72. The maximum Gasteiger partial charge on any atom is 0.407 e. The molecule has 10 N–H and O–H groups in total. The SMILES string of the molecule is CC(C)(C)OC(=O)NCC1O[C@H](OC2C(CO)[C@@H](OC3O[C@H](CO)C(O)C4[C@H]3N4O)C(NC(=O)OC(C)(C)C)C[C@@H]2NC(=O)OC(C)(C)C)C(O)C(O)[C@@H]1O. The van der Waals surface area contributed by atoms with Crippen molar-refractivity contribution in [2.75, 3.05) is 19.8 Å². The summed E-state index contributed by atoms with van der Waals surface area (Å²) in [6, 6.07) is -4.00. The van der Waals surface area contributed by atoms with E-state index in [2.05, 4.69) is 16.0 Å². The smallest absolute Gasteiger partial charge is 0.407 e. The van der Waals surface area contributed by atoms with Crippen molar-refractivity contribution in [1.29, 1.82) is 0 Å². The first kappa shape index (κ1) is 45.0. The van der Waals surface area contributed by atoms with Gasteiger partial charge < -0.3 is 85.0 Å². The third-order valence-corrected chi connectivity index (χ3v) is 9.23. The molecule has 1 aliphatic carbocycles. The number of hydrogen-bond acceptors (Lipinski definition) is 18. The summed E-state index contributed by atoms with van der Waals surface area (Å²) in [4.78, 5) is 38.8.